The predicted octanol–water partition coefficient (Wildman–Crippen LogP) is 2.54. The van der Waals surface area contributed by atoms with Crippen LogP contribution >= 0.6 is 11.8 Å². The number of thioether (sulfide) groups is 1. The number of unbranched alkanes of at least 4 members (excludes halogenated alkanes) is 1. The molecule has 0 aromatic heterocycles. The van der Waals surface area contributed by atoms with Crippen LogP contribution in [-0.2, 0) is 14.3 Å². The Morgan fingerprint density at radius 3 is 2.50 bits per heavy atom. The lowest BCUT2D eigenvalue weighted by Gasteiger charge is -2.02. The zero-order valence-electron chi connectivity index (χ0n) is 9.26. The van der Waals surface area contributed by atoms with Gasteiger partial charge in [-0.1, -0.05) is 18.2 Å². The zero-order valence-corrected chi connectivity index (χ0v) is 10.9. The minimum absolute atomic E-state index is 0.286. The lowest BCUT2D eigenvalue weighted by atomic mass is 10.4. The van der Waals surface area contributed by atoms with Crippen LogP contribution in [0.25, 0.3) is 0 Å². The van der Waals surface area contributed by atoms with Crippen LogP contribution in [0.15, 0.2) is 35.2 Å². The molecule has 16 heavy (non-hydrogen) atoms. The molecule has 90 valence electrons. The van der Waals surface area contributed by atoms with Crippen LogP contribution in [0.3, 0.4) is 0 Å². The molecule has 0 saturated heterocycles. The fourth-order valence-corrected chi connectivity index (χ4v) is 2.48. The average molecular weight is 260 g/mol. The molecular weight excluding hydrogens is 244 g/mol. The van der Waals surface area contributed by atoms with E-state index in [2.05, 4.69) is 16.3 Å². The van der Waals surface area contributed by atoms with Gasteiger partial charge in [0.25, 0.3) is 10.1 Å². The number of hydrogen-bond acceptors (Lipinski definition) is 4. The molecular formula is C11H16O3S2. The van der Waals surface area contributed by atoms with Crippen LogP contribution in [-0.4, -0.2) is 27.0 Å². The Hall–Kier alpha value is -0.520. The Morgan fingerprint density at radius 1 is 1.19 bits per heavy atom. The van der Waals surface area contributed by atoms with Crippen molar-refractivity contribution in [1.82, 2.24) is 0 Å². The lowest BCUT2D eigenvalue weighted by Crippen LogP contribution is -2.04. The first-order chi connectivity index (χ1) is 7.58. The van der Waals surface area contributed by atoms with E-state index in [1.807, 2.05) is 18.2 Å². The summed E-state index contributed by atoms with van der Waals surface area (Å²) in [5, 5.41) is 0. The molecule has 0 bridgehead atoms. The quantitative estimate of drug-likeness (QED) is 0.429. The summed E-state index contributed by atoms with van der Waals surface area (Å²) in [6, 6.07) is 10.1. The molecule has 1 aromatic rings. The standard InChI is InChI=1S/C11H16O3S2/c1-16(12,13)14-9-5-6-10-15-11-7-3-2-4-8-11/h2-4,7-8H,5-6,9-10H2,1H3. The molecule has 5 heteroatoms. The third-order valence-corrected chi connectivity index (χ3v) is 3.54. The van der Waals surface area contributed by atoms with E-state index in [9.17, 15) is 8.42 Å². The Balaban J connectivity index is 2.05. The van der Waals surface area contributed by atoms with Crippen LogP contribution in [0, 0.1) is 0 Å². The van der Waals surface area contributed by atoms with E-state index < -0.39 is 10.1 Å². The number of rotatable bonds is 7. The van der Waals surface area contributed by atoms with Gasteiger partial charge in [0, 0.05) is 4.90 Å². The third kappa shape index (κ3) is 6.87. The highest BCUT2D eigenvalue weighted by Gasteiger charge is 2.00. The molecule has 0 aliphatic heterocycles. The van der Waals surface area contributed by atoms with Gasteiger partial charge in [0.1, 0.15) is 0 Å². The minimum Gasteiger partial charge on any atom is -0.270 e. The van der Waals surface area contributed by atoms with Gasteiger partial charge in [0.05, 0.1) is 12.9 Å². The van der Waals surface area contributed by atoms with Crippen molar-refractivity contribution in [1.29, 1.82) is 0 Å². The van der Waals surface area contributed by atoms with Crippen LogP contribution < -0.4 is 0 Å². The molecule has 0 amide bonds. The second kappa shape index (κ2) is 6.93. The van der Waals surface area contributed by atoms with Gasteiger partial charge >= 0.3 is 0 Å². The van der Waals surface area contributed by atoms with Crippen molar-refractivity contribution in [3.8, 4) is 0 Å². The second-order valence-corrected chi connectivity index (χ2v) is 6.21. The summed E-state index contributed by atoms with van der Waals surface area (Å²) in [6.45, 7) is 0.286. The molecule has 1 aromatic carbocycles. The van der Waals surface area contributed by atoms with Crippen LogP contribution in [0.2, 0.25) is 0 Å². The van der Waals surface area contributed by atoms with Gasteiger partial charge in [-0.05, 0) is 30.7 Å². The molecule has 0 spiro atoms. The maximum absolute atomic E-state index is 10.7. The molecule has 1 rings (SSSR count). The summed E-state index contributed by atoms with van der Waals surface area (Å²) >= 11 is 1.77. The summed E-state index contributed by atoms with van der Waals surface area (Å²) in [7, 11) is -3.27. The van der Waals surface area contributed by atoms with Gasteiger partial charge in [-0.3, -0.25) is 4.18 Å². The molecule has 0 aliphatic carbocycles. The van der Waals surface area contributed by atoms with Crippen LogP contribution in [0.4, 0.5) is 0 Å². The summed E-state index contributed by atoms with van der Waals surface area (Å²) in [6.07, 6.45) is 2.80. The van der Waals surface area contributed by atoms with E-state index in [-0.39, 0.29) is 6.61 Å². The fraction of sp³-hybridized carbons (Fsp3) is 0.455. The fourth-order valence-electron chi connectivity index (χ4n) is 1.12. The predicted molar refractivity (Wildman–Crippen MR) is 67.2 cm³/mol. The highest BCUT2D eigenvalue weighted by Crippen LogP contribution is 2.18. The van der Waals surface area contributed by atoms with E-state index in [1.54, 1.807) is 11.8 Å². The SMILES string of the molecule is CS(=O)(=O)OCCCCSc1ccccc1. The topological polar surface area (TPSA) is 43.4 Å². The first-order valence-corrected chi connectivity index (χ1v) is 7.90. The average Bonchev–Trinajstić information content (AvgIpc) is 2.23. The van der Waals surface area contributed by atoms with Gasteiger partial charge in [0.15, 0.2) is 0 Å². The Kier molecular flexibility index (Phi) is 5.87. The third-order valence-electron chi connectivity index (χ3n) is 1.85. The summed E-state index contributed by atoms with van der Waals surface area (Å²) in [5.41, 5.74) is 0. The molecule has 0 radical (unpaired) electrons. The molecule has 0 saturated carbocycles. The molecule has 0 aliphatic rings. The van der Waals surface area contributed by atoms with Crippen molar-refractivity contribution in [2.45, 2.75) is 17.7 Å². The van der Waals surface area contributed by atoms with Gasteiger partial charge in [0.2, 0.25) is 0 Å². The Morgan fingerprint density at radius 2 is 1.88 bits per heavy atom. The maximum atomic E-state index is 10.7. The van der Waals surface area contributed by atoms with Crippen molar-refractivity contribution in [3.63, 3.8) is 0 Å². The zero-order chi connectivity index (χ0) is 11.9. The van der Waals surface area contributed by atoms with E-state index in [4.69, 9.17) is 0 Å². The normalized spacial score (nSPS) is 11.6. The first-order valence-electron chi connectivity index (χ1n) is 5.10. The summed E-state index contributed by atoms with van der Waals surface area (Å²) < 4.78 is 26.0. The largest absolute Gasteiger partial charge is 0.270 e. The van der Waals surface area contributed by atoms with E-state index >= 15 is 0 Å². The number of hydrogen-bond donors (Lipinski definition) is 0. The molecule has 0 atom stereocenters. The smallest absolute Gasteiger partial charge is 0.264 e. The number of benzene rings is 1. The second-order valence-electron chi connectivity index (χ2n) is 3.39. The van der Waals surface area contributed by atoms with Crippen molar-refractivity contribution in [3.05, 3.63) is 30.3 Å². The maximum Gasteiger partial charge on any atom is 0.264 e. The molecule has 0 N–H and O–H groups in total. The van der Waals surface area contributed by atoms with Crippen molar-refractivity contribution in [2.24, 2.45) is 0 Å². The van der Waals surface area contributed by atoms with Gasteiger partial charge in [-0.15, -0.1) is 11.8 Å². The van der Waals surface area contributed by atoms with Gasteiger partial charge in [-0.2, -0.15) is 8.42 Å². The van der Waals surface area contributed by atoms with Gasteiger partial charge < -0.3 is 0 Å². The van der Waals surface area contributed by atoms with Crippen molar-refractivity contribution in [2.75, 3.05) is 18.6 Å². The first kappa shape index (κ1) is 13.5. The highest BCUT2D eigenvalue weighted by atomic mass is 32.2. The Bertz CT molecular complexity index is 387. The minimum atomic E-state index is -3.27. The monoisotopic (exact) mass is 260 g/mol. The van der Waals surface area contributed by atoms with Crippen LogP contribution in [0.1, 0.15) is 12.8 Å². The van der Waals surface area contributed by atoms with E-state index in [0.717, 1.165) is 24.9 Å². The lowest BCUT2D eigenvalue weighted by molar-refractivity contribution is 0.315. The van der Waals surface area contributed by atoms with Gasteiger partial charge in [-0.25, -0.2) is 0 Å². The summed E-state index contributed by atoms with van der Waals surface area (Å²) in [5.74, 6) is 0.983. The molecule has 0 fully saturated rings. The van der Waals surface area contributed by atoms with Crippen LogP contribution in [0.5, 0.6) is 0 Å². The summed E-state index contributed by atoms with van der Waals surface area (Å²) in [4.78, 5) is 1.24. The van der Waals surface area contributed by atoms with Crippen molar-refractivity contribution >= 4 is 21.9 Å². The van der Waals surface area contributed by atoms with Crippen molar-refractivity contribution < 1.29 is 12.6 Å². The molecule has 3 nitrogen and oxygen atoms in total. The molecule has 0 heterocycles. The highest BCUT2D eigenvalue weighted by molar-refractivity contribution is 7.99. The van der Waals surface area contributed by atoms with E-state index in [0.29, 0.717) is 0 Å². The Labute approximate surface area is 101 Å². The van der Waals surface area contributed by atoms with E-state index in [1.165, 1.54) is 4.90 Å². The molecule has 0 unspecified atom stereocenters.